The summed E-state index contributed by atoms with van der Waals surface area (Å²) in [5, 5.41) is 3.00. The Balaban J connectivity index is 1.80. The molecule has 1 N–H and O–H groups in total. The molecule has 0 aromatic carbocycles. The highest BCUT2D eigenvalue weighted by molar-refractivity contribution is 6.33. The van der Waals surface area contributed by atoms with Gasteiger partial charge in [-0.2, -0.15) is 0 Å². The van der Waals surface area contributed by atoms with E-state index in [0.29, 0.717) is 32.0 Å². The number of nitrogens with one attached hydrogen (secondary N) is 1. The Hall–Kier alpha value is -1.89. The van der Waals surface area contributed by atoms with Crippen LogP contribution in [0.4, 0.5) is 5.95 Å². The van der Waals surface area contributed by atoms with Gasteiger partial charge < -0.3 is 15.1 Å². The molecule has 2 amide bonds. The van der Waals surface area contributed by atoms with E-state index in [1.807, 2.05) is 0 Å². The van der Waals surface area contributed by atoms with E-state index in [2.05, 4.69) is 20.2 Å². The van der Waals surface area contributed by atoms with Gasteiger partial charge in [-0.1, -0.05) is 11.6 Å². The van der Waals surface area contributed by atoms with Gasteiger partial charge in [-0.25, -0.2) is 9.97 Å². The number of anilines is 1. The second-order valence-corrected chi connectivity index (χ2v) is 6.21. The zero-order valence-electron chi connectivity index (χ0n) is 12.9. The third-order valence-corrected chi connectivity index (χ3v) is 4.45. The lowest BCUT2D eigenvalue weighted by atomic mass is 10.1. The third kappa shape index (κ3) is 3.72. The average Bonchev–Trinajstić information content (AvgIpc) is 2.80. The van der Waals surface area contributed by atoms with E-state index in [1.165, 1.54) is 12.6 Å². The number of nitrogens with zero attached hydrogens (tertiary/aromatic N) is 4. The van der Waals surface area contributed by atoms with Gasteiger partial charge in [-0.05, 0) is 19.3 Å². The van der Waals surface area contributed by atoms with E-state index in [-0.39, 0.29) is 22.5 Å². The molecule has 1 aromatic heterocycles. The number of piperidine rings is 1. The SMILES string of the molecule is O=C1CCN(C(=O)c2nc(N3CCCCC3)ncc2Cl)CCN1. The number of hydrogen-bond donors (Lipinski definition) is 1. The monoisotopic (exact) mass is 337 g/mol. The first-order valence-electron chi connectivity index (χ1n) is 7.98. The molecule has 3 rings (SSSR count). The maximum atomic E-state index is 12.7. The molecule has 0 radical (unpaired) electrons. The van der Waals surface area contributed by atoms with Crippen molar-refractivity contribution >= 4 is 29.4 Å². The summed E-state index contributed by atoms with van der Waals surface area (Å²) in [6.45, 7) is 3.09. The first-order chi connectivity index (χ1) is 11.1. The summed E-state index contributed by atoms with van der Waals surface area (Å²) in [6, 6.07) is 0. The molecule has 0 unspecified atom stereocenters. The second kappa shape index (κ2) is 7.12. The summed E-state index contributed by atoms with van der Waals surface area (Å²) in [5.41, 5.74) is 0.219. The smallest absolute Gasteiger partial charge is 0.274 e. The van der Waals surface area contributed by atoms with Crippen molar-refractivity contribution in [1.82, 2.24) is 20.2 Å². The molecular weight excluding hydrogens is 318 g/mol. The van der Waals surface area contributed by atoms with Crippen molar-refractivity contribution in [3.8, 4) is 0 Å². The van der Waals surface area contributed by atoms with Crippen LogP contribution < -0.4 is 10.2 Å². The minimum atomic E-state index is -0.243. The molecule has 7 nitrogen and oxygen atoms in total. The molecule has 0 bridgehead atoms. The van der Waals surface area contributed by atoms with Crippen LogP contribution in [-0.2, 0) is 4.79 Å². The molecule has 3 heterocycles. The Morgan fingerprint density at radius 3 is 2.74 bits per heavy atom. The predicted molar refractivity (Wildman–Crippen MR) is 86.6 cm³/mol. The molecule has 0 atom stereocenters. The zero-order valence-corrected chi connectivity index (χ0v) is 13.7. The summed E-state index contributed by atoms with van der Waals surface area (Å²) in [7, 11) is 0. The lowest BCUT2D eigenvalue weighted by molar-refractivity contribution is -0.120. The molecular formula is C15H20ClN5O2. The fraction of sp³-hybridized carbons (Fsp3) is 0.600. The summed E-state index contributed by atoms with van der Waals surface area (Å²) < 4.78 is 0. The zero-order chi connectivity index (χ0) is 16.2. The van der Waals surface area contributed by atoms with Crippen LogP contribution >= 0.6 is 11.6 Å². The highest BCUT2D eigenvalue weighted by Crippen LogP contribution is 2.21. The minimum absolute atomic E-state index is 0.0388. The molecule has 8 heteroatoms. The quantitative estimate of drug-likeness (QED) is 0.873. The van der Waals surface area contributed by atoms with Crippen LogP contribution in [0.15, 0.2) is 6.20 Å². The lowest BCUT2D eigenvalue weighted by Gasteiger charge is -2.27. The largest absolute Gasteiger partial charge is 0.354 e. The van der Waals surface area contributed by atoms with Crippen molar-refractivity contribution in [2.75, 3.05) is 37.6 Å². The molecule has 0 spiro atoms. The maximum absolute atomic E-state index is 12.7. The molecule has 2 aliphatic heterocycles. The van der Waals surface area contributed by atoms with Crippen LogP contribution in [-0.4, -0.2) is 59.4 Å². The van der Waals surface area contributed by atoms with E-state index >= 15 is 0 Å². The number of aromatic nitrogens is 2. The molecule has 124 valence electrons. The Kier molecular flexibility index (Phi) is 4.95. The van der Waals surface area contributed by atoms with Gasteiger partial charge in [0.1, 0.15) is 0 Å². The van der Waals surface area contributed by atoms with E-state index in [0.717, 1.165) is 25.9 Å². The number of rotatable bonds is 2. The van der Waals surface area contributed by atoms with Gasteiger partial charge in [0.05, 0.1) is 11.2 Å². The van der Waals surface area contributed by atoms with Gasteiger partial charge in [0.15, 0.2) is 5.69 Å². The molecule has 2 aliphatic rings. The van der Waals surface area contributed by atoms with Crippen molar-refractivity contribution in [2.24, 2.45) is 0 Å². The van der Waals surface area contributed by atoms with Crippen LogP contribution in [0.5, 0.6) is 0 Å². The van der Waals surface area contributed by atoms with Crippen LogP contribution in [0.1, 0.15) is 36.2 Å². The van der Waals surface area contributed by atoms with Gasteiger partial charge in [-0.15, -0.1) is 0 Å². The summed E-state index contributed by atoms with van der Waals surface area (Å²) in [5.74, 6) is 0.275. The Labute approximate surface area is 140 Å². The van der Waals surface area contributed by atoms with E-state index in [1.54, 1.807) is 4.90 Å². The number of carbonyl (C=O) groups excluding carboxylic acids is 2. The third-order valence-electron chi connectivity index (χ3n) is 4.17. The van der Waals surface area contributed by atoms with E-state index < -0.39 is 0 Å². The first-order valence-corrected chi connectivity index (χ1v) is 8.36. The second-order valence-electron chi connectivity index (χ2n) is 5.81. The van der Waals surface area contributed by atoms with Gasteiger partial charge in [0.2, 0.25) is 11.9 Å². The van der Waals surface area contributed by atoms with Gasteiger partial charge in [0.25, 0.3) is 5.91 Å². The molecule has 0 aliphatic carbocycles. The van der Waals surface area contributed by atoms with Crippen molar-refractivity contribution in [2.45, 2.75) is 25.7 Å². The number of carbonyl (C=O) groups is 2. The highest BCUT2D eigenvalue weighted by Gasteiger charge is 2.24. The molecule has 2 fully saturated rings. The fourth-order valence-electron chi connectivity index (χ4n) is 2.87. The predicted octanol–water partition coefficient (Wildman–Crippen LogP) is 1.08. The van der Waals surface area contributed by atoms with Crippen molar-refractivity contribution in [1.29, 1.82) is 0 Å². The van der Waals surface area contributed by atoms with Gasteiger partial charge in [0, 0.05) is 39.1 Å². The Morgan fingerprint density at radius 1 is 1.17 bits per heavy atom. The van der Waals surface area contributed by atoms with Gasteiger partial charge in [-0.3, -0.25) is 9.59 Å². The molecule has 2 saturated heterocycles. The van der Waals surface area contributed by atoms with Crippen molar-refractivity contribution < 1.29 is 9.59 Å². The average molecular weight is 338 g/mol. The summed E-state index contributed by atoms with van der Waals surface area (Å²) in [6.07, 6.45) is 5.22. The normalized spacial score (nSPS) is 19.3. The van der Waals surface area contributed by atoms with E-state index in [4.69, 9.17) is 11.6 Å². The van der Waals surface area contributed by atoms with Crippen molar-refractivity contribution in [3.63, 3.8) is 0 Å². The maximum Gasteiger partial charge on any atom is 0.274 e. The van der Waals surface area contributed by atoms with Crippen LogP contribution in [0.25, 0.3) is 0 Å². The Morgan fingerprint density at radius 2 is 1.96 bits per heavy atom. The molecule has 23 heavy (non-hydrogen) atoms. The number of hydrogen-bond acceptors (Lipinski definition) is 5. The van der Waals surface area contributed by atoms with Crippen molar-refractivity contribution in [3.05, 3.63) is 16.9 Å². The van der Waals surface area contributed by atoms with E-state index in [9.17, 15) is 9.59 Å². The lowest BCUT2D eigenvalue weighted by Crippen LogP contribution is -2.36. The first kappa shape index (κ1) is 16.0. The Bertz CT molecular complexity index is 604. The molecule has 1 aromatic rings. The number of amides is 2. The van der Waals surface area contributed by atoms with Crippen LogP contribution in [0.3, 0.4) is 0 Å². The summed E-state index contributed by atoms with van der Waals surface area (Å²) in [4.78, 5) is 36.5. The summed E-state index contributed by atoms with van der Waals surface area (Å²) >= 11 is 6.15. The fourth-order valence-corrected chi connectivity index (χ4v) is 3.05. The van der Waals surface area contributed by atoms with Gasteiger partial charge >= 0.3 is 0 Å². The minimum Gasteiger partial charge on any atom is -0.354 e. The number of halogens is 1. The van der Waals surface area contributed by atoms with Crippen LogP contribution in [0.2, 0.25) is 5.02 Å². The molecule has 0 saturated carbocycles. The topological polar surface area (TPSA) is 78.4 Å². The standard InChI is InChI=1S/C15H20ClN5O2/c16-11-10-18-15(21-6-2-1-3-7-21)19-13(11)14(23)20-8-4-12(22)17-5-9-20/h10H,1-9H2,(H,17,22). The highest BCUT2D eigenvalue weighted by atomic mass is 35.5. The van der Waals surface area contributed by atoms with Crippen LogP contribution in [0, 0.1) is 0 Å².